The van der Waals surface area contributed by atoms with Gasteiger partial charge in [0.25, 0.3) is 5.91 Å². The molecule has 2 fully saturated rings. The average molecular weight is 381 g/mol. The lowest BCUT2D eigenvalue weighted by atomic mass is 10.2. The van der Waals surface area contributed by atoms with Crippen LogP contribution in [0, 0.1) is 0 Å². The van der Waals surface area contributed by atoms with E-state index in [4.69, 9.17) is 0 Å². The largest absolute Gasteiger partial charge is 0.356 e. The topological polar surface area (TPSA) is 104 Å². The van der Waals surface area contributed by atoms with E-state index in [9.17, 15) is 18.0 Å². The third-order valence-corrected chi connectivity index (χ3v) is 6.75. The number of nitrogens with zero attached hydrogens (tertiary/aromatic N) is 5. The van der Waals surface area contributed by atoms with Gasteiger partial charge in [0.15, 0.2) is 9.84 Å². The Labute approximate surface area is 152 Å². The Balaban J connectivity index is 1.69. The molecule has 0 spiro atoms. The molecule has 26 heavy (non-hydrogen) atoms. The van der Waals surface area contributed by atoms with Crippen LogP contribution in [0.4, 0.5) is 5.82 Å². The van der Waals surface area contributed by atoms with Gasteiger partial charge in [0.2, 0.25) is 5.91 Å². The minimum absolute atomic E-state index is 0.00885. The van der Waals surface area contributed by atoms with Gasteiger partial charge in [-0.25, -0.2) is 18.4 Å². The smallest absolute Gasteiger partial charge is 0.272 e. The first kappa shape index (κ1) is 18.6. The molecule has 2 aliphatic rings. The minimum atomic E-state index is -3.00. The van der Waals surface area contributed by atoms with Crippen LogP contribution in [0.3, 0.4) is 0 Å². The molecule has 2 amide bonds. The van der Waals surface area contributed by atoms with Crippen molar-refractivity contribution in [2.24, 2.45) is 0 Å². The van der Waals surface area contributed by atoms with E-state index >= 15 is 0 Å². The molecule has 0 bridgehead atoms. The first-order valence-electron chi connectivity index (χ1n) is 8.57. The molecule has 10 heteroatoms. The number of sulfone groups is 1. The van der Waals surface area contributed by atoms with Crippen LogP contribution in [0.5, 0.6) is 0 Å². The van der Waals surface area contributed by atoms with Crippen molar-refractivity contribution in [3.05, 3.63) is 18.1 Å². The van der Waals surface area contributed by atoms with Gasteiger partial charge in [0, 0.05) is 52.3 Å². The Hall–Kier alpha value is -2.23. The fraction of sp³-hybridized carbons (Fsp3) is 0.625. The number of rotatable bonds is 3. The van der Waals surface area contributed by atoms with Gasteiger partial charge in [-0.1, -0.05) is 0 Å². The molecule has 9 nitrogen and oxygen atoms in total. The summed E-state index contributed by atoms with van der Waals surface area (Å²) >= 11 is 0. The molecule has 0 saturated carbocycles. The highest BCUT2D eigenvalue weighted by Crippen LogP contribution is 2.22. The molecule has 1 aromatic rings. The standard InChI is InChI=1S/C16H23N5O4S/c1-12(22)20-4-6-21(7-5-20)16(23)14-9-15(18-11-17-14)19(2)13-3-8-26(24,25)10-13/h9,11,13H,3-8,10H2,1-2H3. The molecule has 1 atom stereocenters. The highest BCUT2D eigenvalue weighted by atomic mass is 32.2. The van der Waals surface area contributed by atoms with E-state index < -0.39 is 9.84 Å². The van der Waals surface area contributed by atoms with Crippen LogP contribution < -0.4 is 4.90 Å². The molecular weight excluding hydrogens is 358 g/mol. The zero-order chi connectivity index (χ0) is 18.9. The molecule has 0 aromatic carbocycles. The van der Waals surface area contributed by atoms with Crippen molar-refractivity contribution < 1.29 is 18.0 Å². The predicted molar refractivity (Wildman–Crippen MR) is 95.7 cm³/mol. The van der Waals surface area contributed by atoms with Crippen molar-refractivity contribution in [2.75, 3.05) is 49.6 Å². The van der Waals surface area contributed by atoms with E-state index in [1.807, 2.05) is 0 Å². The molecule has 0 aliphatic carbocycles. The zero-order valence-electron chi connectivity index (χ0n) is 15.0. The van der Waals surface area contributed by atoms with E-state index in [0.29, 0.717) is 38.4 Å². The summed E-state index contributed by atoms with van der Waals surface area (Å²) in [6, 6.07) is 1.46. The highest BCUT2D eigenvalue weighted by molar-refractivity contribution is 7.91. The maximum absolute atomic E-state index is 12.7. The van der Waals surface area contributed by atoms with Crippen LogP contribution in [0.15, 0.2) is 12.4 Å². The SMILES string of the molecule is CC(=O)N1CCN(C(=O)c2cc(N(C)C3CCS(=O)(=O)C3)ncn2)CC1. The second-order valence-electron chi connectivity index (χ2n) is 6.73. The van der Waals surface area contributed by atoms with Crippen molar-refractivity contribution in [3.8, 4) is 0 Å². The van der Waals surface area contributed by atoms with Gasteiger partial charge in [0.1, 0.15) is 17.8 Å². The van der Waals surface area contributed by atoms with Crippen LogP contribution in [0.2, 0.25) is 0 Å². The maximum Gasteiger partial charge on any atom is 0.272 e. The first-order chi connectivity index (χ1) is 12.3. The Morgan fingerprint density at radius 2 is 1.81 bits per heavy atom. The molecule has 0 radical (unpaired) electrons. The lowest BCUT2D eigenvalue weighted by molar-refractivity contribution is -0.130. The van der Waals surface area contributed by atoms with Crippen molar-refractivity contribution in [1.29, 1.82) is 0 Å². The van der Waals surface area contributed by atoms with Crippen LogP contribution in [0.1, 0.15) is 23.8 Å². The average Bonchev–Trinajstić information content (AvgIpc) is 3.00. The summed E-state index contributed by atoms with van der Waals surface area (Å²) in [5, 5.41) is 0. The molecule has 1 unspecified atom stereocenters. The number of anilines is 1. The number of hydrogen-bond acceptors (Lipinski definition) is 7. The Bertz CT molecular complexity index is 805. The minimum Gasteiger partial charge on any atom is -0.356 e. The summed E-state index contributed by atoms with van der Waals surface area (Å²) < 4.78 is 23.4. The summed E-state index contributed by atoms with van der Waals surface area (Å²) in [6.45, 7) is 3.48. The molecular formula is C16H23N5O4S. The van der Waals surface area contributed by atoms with Crippen molar-refractivity contribution in [1.82, 2.24) is 19.8 Å². The quantitative estimate of drug-likeness (QED) is 0.689. The van der Waals surface area contributed by atoms with Crippen LogP contribution in [0.25, 0.3) is 0 Å². The van der Waals surface area contributed by atoms with E-state index in [-0.39, 0.29) is 35.1 Å². The lowest BCUT2D eigenvalue weighted by Gasteiger charge is -2.34. The number of piperazine rings is 1. The fourth-order valence-corrected chi connectivity index (χ4v) is 5.09. The number of aromatic nitrogens is 2. The van der Waals surface area contributed by atoms with Crippen LogP contribution >= 0.6 is 0 Å². The van der Waals surface area contributed by atoms with E-state index in [1.165, 1.54) is 13.3 Å². The van der Waals surface area contributed by atoms with Gasteiger partial charge in [0.05, 0.1) is 11.5 Å². The third-order valence-electron chi connectivity index (χ3n) is 5.00. The van der Waals surface area contributed by atoms with Gasteiger partial charge in [-0.2, -0.15) is 0 Å². The van der Waals surface area contributed by atoms with E-state index in [0.717, 1.165) is 0 Å². The van der Waals surface area contributed by atoms with Crippen LogP contribution in [-0.2, 0) is 14.6 Å². The maximum atomic E-state index is 12.7. The van der Waals surface area contributed by atoms with Crippen molar-refractivity contribution in [2.45, 2.75) is 19.4 Å². The summed E-state index contributed by atoms with van der Waals surface area (Å²) in [5.41, 5.74) is 0.277. The number of carbonyl (C=O) groups is 2. The normalized spacial score (nSPS) is 22.3. The Kier molecular flexibility index (Phi) is 5.12. The second-order valence-corrected chi connectivity index (χ2v) is 8.96. The number of hydrogen-bond donors (Lipinski definition) is 0. The molecule has 0 N–H and O–H groups in total. The van der Waals surface area contributed by atoms with E-state index in [2.05, 4.69) is 9.97 Å². The zero-order valence-corrected chi connectivity index (χ0v) is 15.8. The second kappa shape index (κ2) is 7.18. The van der Waals surface area contributed by atoms with Gasteiger partial charge in [-0.15, -0.1) is 0 Å². The van der Waals surface area contributed by atoms with Gasteiger partial charge in [-0.05, 0) is 6.42 Å². The third kappa shape index (κ3) is 3.95. The van der Waals surface area contributed by atoms with Gasteiger partial charge < -0.3 is 14.7 Å². The van der Waals surface area contributed by atoms with Crippen LogP contribution in [-0.4, -0.2) is 90.8 Å². The summed E-state index contributed by atoms with van der Waals surface area (Å²) in [6.07, 6.45) is 1.88. The van der Waals surface area contributed by atoms with Gasteiger partial charge in [-0.3, -0.25) is 9.59 Å². The molecule has 3 rings (SSSR count). The fourth-order valence-electron chi connectivity index (χ4n) is 3.31. The van der Waals surface area contributed by atoms with Crippen molar-refractivity contribution in [3.63, 3.8) is 0 Å². The monoisotopic (exact) mass is 381 g/mol. The molecule has 2 saturated heterocycles. The van der Waals surface area contributed by atoms with Crippen molar-refractivity contribution >= 4 is 27.5 Å². The molecule has 2 aliphatic heterocycles. The molecule has 3 heterocycles. The summed E-state index contributed by atoms with van der Waals surface area (Å²) in [5.74, 6) is 0.620. The lowest BCUT2D eigenvalue weighted by Crippen LogP contribution is -2.50. The molecule has 1 aromatic heterocycles. The summed E-state index contributed by atoms with van der Waals surface area (Å²) in [7, 11) is -1.21. The first-order valence-corrected chi connectivity index (χ1v) is 10.4. The number of carbonyl (C=O) groups excluding carboxylic acids is 2. The summed E-state index contributed by atoms with van der Waals surface area (Å²) in [4.78, 5) is 37.5. The highest BCUT2D eigenvalue weighted by Gasteiger charge is 2.32. The Morgan fingerprint density at radius 1 is 1.15 bits per heavy atom. The van der Waals surface area contributed by atoms with Gasteiger partial charge >= 0.3 is 0 Å². The van der Waals surface area contributed by atoms with E-state index in [1.54, 1.807) is 27.8 Å². The molecule has 142 valence electrons. The Morgan fingerprint density at radius 3 is 2.38 bits per heavy atom. The number of amides is 2. The predicted octanol–water partition coefficient (Wildman–Crippen LogP) is -0.596.